The van der Waals surface area contributed by atoms with Gasteiger partial charge in [0.05, 0.1) is 11.6 Å². The molecular formula is C21H21ClN4O3. The number of piperazine rings is 1. The van der Waals surface area contributed by atoms with E-state index >= 15 is 0 Å². The molecule has 3 rings (SSSR count). The van der Waals surface area contributed by atoms with E-state index in [1.807, 2.05) is 4.90 Å². The number of hydrogen-bond donors (Lipinski definition) is 1. The van der Waals surface area contributed by atoms with Gasteiger partial charge in [0, 0.05) is 31.2 Å². The molecule has 8 heteroatoms. The molecule has 2 amide bonds. The summed E-state index contributed by atoms with van der Waals surface area (Å²) in [6.07, 6.45) is 0. The average molecular weight is 413 g/mol. The van der Waals surface area contributed by atoms with Crippen LogP contribution in [0, 0.1) is 11.3 Å². The monoisotopic (exact) mass is 412 g/mol. The maximum atomic E-state index is 12.4. The SMILES string of the molecule is N#Cc1ccc(C(C(N)=O)N2CCN(C(=O)COc3ccc(Cl)cc3)CC2)cc1. The van der Waals surface area contributed by atoms with Crippen LogP contribution in [0.15, 0.2) is 48.5 Å². The number of nitrogens with zero attached hydrogens (tertiary/aromatic N) is 3. The fourth-order valence-corrected chi connectivity index (χ4v) is 3.42. The molecule has 2 N–H and O–H groups in total. The van der Waals surface area contributed by atoms with Gasteiger partial charge >= 0.3 is 0 Å². The van der Waals surface area contributed by atoms with Crippen molar-refractivity contribution in [2.24, 2.45) is 5.73 Å². The van der Waals surface area contributed by atoms with Crippen molar-refractivity contribution in [2.45, 2.75) is 6.04 Å². The van der Waals surface area contributed by atoms with Crippen molar-refractivity contribution in [1.29, 1.82) is 5.26 Å². The fourth-order valence-electron chi connectivity index (χ4n) is 3.29. The Hall–Kier alpha value is -3.08. The lowest BCUT2D eigenvalue weighted by Gasteiger charge is -2.38. The van der Waals surface area contributed by atoms with E-state index in [0.29, 0.717) is 42.5 Å². The molecule has 1 fully saturated rings. The zero-order chi connectivity index (χ0) is 20.8. The molecule has 2 aromatic rings. The van der Waals surface area contributed by atoms with Crippen LogP contribution in [0.2, 0.25) is 5.02 Å². The van der Waals surface area contributed by atoms with Crippen LogP contribution >= 0.6 is 11.6 Å². The van der Waals surface area contributed by atoms with E-state index in [1.165, 1.54) is 0 Å². The first kappa shape index (κ1) is 20.6. The summed E-state index contributed by atoms with van der Waals surface area (Å²) >= 11 is 5.83. The summed E-state index contributed by atoms with van der Waals surface area (Å²) in [5.74, 6) is 0.00477. The van der Waals surface area contributed by atoms with Gasteiger partial charge in [0.1, 0.15) is 11.8 Å². The Balaban J connectivity index is 1.56. The first-order valence-electron chi connectivity index (χ1n) is 9.17. The molecule has 0 aliphatic carbocycles. The predicted octanol–water partition coefficient (Wildman–Crippen LogP) is 1.96. The van der Waals surface area contributed by atoms with Crippen LogP contribution in [0.3, 0.4) is 0 Å². The summed E-state index contributed by atoms with van der Waals surface area (Å²) in [7, 11) is 0. The molecule has 1 saturated heterocycles. The van der Waals surface area contributed by atoms with E-state index in [1.54, 1.807) is 53.4 Å². The van der Waals surface area contributed by atoms with Crippen LogP contribution in [0.1, 0.15) is 17.2 Å². The summed E-state index contributed by atoms with van der Waals surface area (Å²) in [5, 5.41) is 9.53. The molecule has 2 aromatic carbocycles. The first-order chi connectivity index (χ1) is 14.0. The third kappa shape index (κ3) is 5.25. The lowest BCUT2D eigenvalue weighted by molar-refractivity contribution is -0.136. The molecule has 1 atom stereocenters. The average Bonchev–Trinajstić information content (AvgIpc) is 2.74. The summed E-state index contributed by atoms with van der Waals surface area (Å²) in [6, 6.07) is 15.1. The summed E-state index contributed by atoms with van der Waals surface area (Å²) < 4.78 is 5.52. The number of hydrogen-bond acceptors (Lipinski definition) is 5. The number of amides is 2. The quantitative estimate of drug-likeness (QED) is 0.781. The second kappa shape index (κ2) is 9.41. The lowest BCUT2D eigenvalue weighted by atomic mass is 10.0. The fraction of sp³-hybridized carbons (Fsp3) is 0.286. The van der Waals surface area contributed by atoms with Gasteiger partial charge in [-0.3, -0.25) is 14.5 Å². The highest BCUT2D eigenvalue weighted by atomic mass is 35.5. The van der Waals surface area contributed by atoms with Crippen molar-refractivity contribution in [3.05, 3.63) is 64.7 Å². The molecule has 1 heterocycles. The van der Waals surface area contributed by atoms with Crippen LogP contribution in [0.25, 0.3) is 0 Å². The Morgan fingerprint density at radius 3 is 2.24 bits per heavy atom. The van der Waals surface area contributed by atoms with Crippen molar-refractivity contribution in [2.75, 3.05) is 32.8 Å². The zero-order valence-electron chi connectivity index (χ0n) is 15.8. The van der Waals surface area contributed by atoms with Crippen LogP contribution in [0.5, 0.6) is 5.75 Å². The van der Waals surface area contributed by atoms with Gasteiger partial charge in [-0.05, 0) is 42.0 Å². The van der Waals surface area contributed by atoms with E-state index in [-0.39, 0.29) is 12.5 Å². The Kier molecular flexibility index (Phi) is 6.70. The smallest absolute Gasteiger partial charge is 0.260 e. The number of rotatable bonds is 6. The van der Waals surface area contributed by atoms with Crippen molar-refractivity contribution in [1.82, 2.24) is 9.80 Å². The lowest BCUT2D eigenvalue weighted by Crippen LogP contribution is -2.52. The minimum Gasteiger partial charge on any atom is -0.484 e. The van der Waals surface area contributed by atoms with E-state index in [0.717, 1.165) is 5.56 Å². The van der Waals surface area contributed by atoms with E-state index in [9.17, 15) is 9.59 Å². The molecule has 0 saturated carbocycles. The molecule has 7 nitrogen and oxygen atoms in total. The minimum absolute atomic E-state index is 0.0590. The molecule has 150 valence electrons. The van der Waals surface area contributed by atoms with Crippen LogP contribution in [-0.4, -0.2) is 54.4 Å². The van der Waals surface area contributed by atoms with Gasteiger partial charge in [-0.25, -0.2) is 0 Å². The molecule has 29 heavy (non-hydrogen) atoms. The molecule has 1 aliphatic rings. The van der Waals surface area contributed by atoms with Crippen molar-refractivity contribution in [3.8, 4) is 11.8 Å². The molecule has 0 spiro atoms. The largest absolute Gasteiger partial charge is 0.484 e. The molecule has 0 aromatic heterocycles. The van der Waals surface area contributed by atoms with Gasteiger partial charge in [-0.2, -0.15) is 5.26 Å². The Bertz CT molecular complexity index is 901. The summed E-state index contributed by atoms with van der Waals surface area (Å²) in [6.45, 7) is 1.92. The van der Waals surface area contributed by atoms with Gasteiger partial charge in [-0.15, -0.1) is 0 Å². The van der Waals surface area contributed by atoms with Crippen molar-refractivity contribution in [3.63, 3.8) is 0 Å². The van der Waals surface area contributed by atoms with Crippen molar-refractivity contribution >= 4 is 23.4 Å². The van der Waals surface area contributed by atoms with E-state index in [2.05, 4.69) is 6.07 Å². The second-order valence-corrected chi connectivity index (χ2v) is 7.13. The highest BCUT2D eigenvalue weighted by Gasteiger charge is 2.30. The third-order valence-corrected chi connectivity index (χ3v) is 5.09. The standard InChI is InChI=1S/C21H21ClN4O3/c22-17-5-7-18(8-6-17)29-14-19(27)25-9-11-26(12-10-25)20(21(24)28)16-3-1-15(13-23)2-4-16/h1-8,20H,9-12,14H2,(H2,24,28). The predicted molar refractivity (Wildman–Crippen MR) is 108 cm³/mol. The zero-order valence-corrected chi connectivity index (χ0v) is 16.5. The third-order valence-electron chi connectivity index (χ3n) is 4.83. The van der Waals surface area contributed by atoms with Gasteiger partial charge < -0.3 is 15.4 Å². The van der Waals surface area contributed by atoms with Gasteiger partial charge in [0.2, 0.25) is 5.91 Å². The molecule has 1 unspecified atom stereocenters. The minimum atomic E-state index is -0.592. The number of nitriles is 1. The van der Waals surface area contributed by atoms with Crippen LogP contribution < -0.4 is 10.5 Å². The number of nitrogens with two attached hydrogens (primary N) is 1. The highest BCUT2D eigenvalue weighted by Crippen LogP contribution is 2.23. The summed E-state index contributed by atoms with van der Waals surface area (Å²) in [4.78, 5) is 28.1. The van der Waals surface area contributed by atoms with Gasteiger partial charge in [-0.1, -0.05) is 23.7 Å². The molecule has 0 radical (unpaired) electrons. The van der Waals surface area contributed by atoms with Crippen molar-refractivity contribution < 1.29 is 14.3 Å². The summed E-state index contributed by atoms with van der Waals surface area (Å²) in [5.41, 5.74) is 6.89. The number of carbonyl (C=O) groups excluding carboxylic acids is 2. The van der Waals surface area contributed by atoms with Crippen LogP contribution in [0.4, 0.5) is 0 Å². The molecular weight excluding hydrogens is 392 g/mol. The number of halogens is 1. The Morgan fingerprint density at radius 2 is 1.69 bits per heavy atom. The van der Waals surface area contributed by atoms with Gasteiger partial charge in [0.25, 0.3) is 5.91 Å². The number of carbonyl (C=O) groups is 2. The van der Waals surface area contributed by atoms with E-state index in [4.69, 9.17) is 27.3 Å². The normalized spacial score (nSPS) is 15.4. The maximum absolute atomic E-state index is 12.4. The highest BCUT2D eigenvalue weighted by molar-refractivity contribution is 6.30. The second-order valence-electron chi connectivity index (χ2n) is 6.70. The number of benzene rings is 2. The number of primary amides is 1. The molecule has 1 aliphatic heterocycles. The topological polar surface area (TPSA) is 99.7 Å². The Labute approximate surface area is 174 Å². The van der Waals surface area contributed by atoms with Crippen LogP contribution in [-0.2, 0) is 9.59 Å². The first-order valence-corrected chi connectivity index (χ1v) is 9.55. The Morgan fingerprint density at radius 1 is 1.07 bits per heavy atom. The van der Waals surface area contributed by atoms with Gasteiger partial charge in [0.15, 0.2) is 6.61 Å². The maximum Gasteiger partial charge on any atom is 0.260 e. The van der Waals surface area contributed by atoms with E-state index < -0.39 is 11.9 Å². The molecule has 0 bridgehead atoms. The number of ether oxygens (including phenoxy) is 1.